The lowest BCUT2D eigenvalue weighted by Crippen LogP contribution is -2.31. The molecule has 2 heterocycles. The summed E-state index contributed by atoms with van der Waals surface area (Å²) in [5.41, 5.74) is 2.54. The minimum absolute atomic E-state index is 0.160. The van der Waals surface area contributed by atoms with Crippen molar-refractivity contribution in [3.05, 3.63) is 58.6 Å². The van der Waals surface area contributed by atoms with E-state index in [2.05, 4.69) is 10.2 Å². The highest BCUT2D eigenvalue weighted by molar-refractivity contribution is 6.31. The van der Waals surface area contributed by atoms with Gasteiger partial charge in [-0.05, 0) is 56.0 Å². The zero-order valence-corrected chi connectivity index (χ0v) is 17.5. The van der Waals surface area contributed by atoms with E-state index < -0.39 is 0 Å². The number of nitrogens with one attached hydrogen (secondary N) is 1. The summed E-state index contributed by atoms with van der Waals surface area (Å²) in [5, 5.41) is 3.53. The predicted molar refractivity (Wildman–Crippen MR) is 117 cm³/mol. The number of nitrogens with zero attached hydrogens (tertiary/aromatic N) is 2. The summed E-state index contributed by atoms with van der Waals surface area (Å²) < 4.78 is 0. The highest BCUT2D eigenvalue weighted by Crippen LogP contribution is 2.31. The first-order chi connectivity index (χ1) is 14.5. The molecule has 6 nitrogen and oxygen atoms in total. The standard InChI is InChI=1S/C23H24ClN3O3/c24-16-10-11-20(26-12-4-1-5-13-26)19(15-16)25-21(28)9-6-14-27-22(29)17-7-2-3-8-18(17)23(27)30/h2-3,7-8,10-11,15H,1,4-6,9,12-14H2,(H,25,28). The molecule has 2 aliphatic rings. The number of rotatable bonds is 6. The molecule has 2 aromatic rings. The van der Waals surface area contributed by atoms with Crippen LogP contribution in [0.5, 0.6) is 0 Å². The molecular formula is C23H24ClN3O3. The highest BCUT2D eigenvalue weighted by atomic mass is 35.5. The number of halogens is 1. The van der Waals surface area contributed by atoms with E-state index in [4.69, 9.17) is 11.6 Å². The number of anilines is 2. The van der Waals surface area contributed by atoms with Crippen molar-refractivity contribution in [1.82, 2.24) is 4.90 Å². The Labute approximate surface area is 180 Å². The number of carbonyl (C=O) groups is 3. The van der Waals surface area contributed by atoms with Crippen LogP contribution in [0.15, 0.2) is 42.5 Å². The molecule has 0 aliphatic carbocycles. The van der Waals surface area contributed by atoms with E-state index in [9.17, 15) is 14.4 Å². The molecule has 2 aliphatic heterocycles. The third-order valence-electron chi connectivity index (χ3n) is 5.59. The van der Waals surface area contributed by atoms with Crippen molar-refractivity contribution in [3.8, 4) is 0 Å². The molecule has 1 saturated heterocycles. The molecule has 30 heavy (non-hydrogen) atoms. The molecule has 0 saturated carbocycles. The second-order valence-electron chi connectivity index (χ2n) is 7.67. The van der Waals surface area contributed by atoms with E-state index in [1.165, 1.54) is 11.3 Å². The maximum atomic E-state index is 12.6. The van der Waals surface area contributed by atoms with Crippen LogP contribution in [-0.2, 0) is 4.79 Å². The fourth-order valence-electron chi connectivity index (χ4n) is 4.07. The van der Waals surface area contributed by atoms with Crippen molar-refractivity contribution in [2.45, 2.75) is 32.1 Å². The third kappa shape index (κ3) is 4.19. The number of imide groups is 1. The van der Waals surface area contributed by atoms with Crippen LogP contribution < -0.4 is 10.2 Å². The highest BCUT2D eigenvalue weighted by Gasteiger charge is 2.34. The van der Waals surface area contributed by atoms with Gasteiger partial charge in [0, 0.05) is 31.1 Å². The molecule has 3 amide bonds. The van der Waals surface area contributed by atoms with E-state index >= 15 is 0 Å². The second kappa shape index (κ2) is 8.88. The summed E-state index contributed by atoms with van der Waals surface area (Å²) in [4.78, 5) is 40.9. The zero-order chi connectivity index (χ0) is 21.1. The van der Waals surface area contributed by atoms with Gasteiger partial charge < -0.3 is 10.2 Å². The van der Waals surface area contributed by atoms with Crippen molar-refractivity contribution in [2.75, 3.05) is 29.9 Å². The summed E-state index contributed by atoms with van der Waals surface area (Å²) in [5.74, 6) is -0.747. The summed E-state index contributed by atoms with van der Waals surface area (Å²) in [6.07, 6.45) is 4.10. The van der Waals surface area contributed by atoms with Gasteiger partial charge in [0.15, 0.2) is 0 Å². The first-order valence-corrected chi connectivity index (χ1v) is 10.7. The van der Waals surface area contributed by atoms with E-state index in [0.29, 0.717) is 28.3 Å². The van der Waals surface area contributed by atoms with Crippen LogP contribution in [0.2, 0.25) is 5.02 Å². The van der Waals surface area contributed by atoms with Crippen LogP contribution in [0.3, 0.4) is 0 Å². The lowest BCUT2D eigenvalue weighted by Gasteiger charge is -2.30. The molecule has 156 valence electrons. The van der Waals surface area contributed by atoms with E-state index in [1.807, 2.05) is 12.1 Å². The monoisotopic (exact) mass is 425 g/mol. The van der Waals surface area contributed by atoms with Crippen molar-refractivity contribution < 1.29 is 14.4 Å². The molecule has 2 aromatic carbocycles. The number of fused-ring (bicyclic) bond motifs is 1. The normalized spacial score (nSPS) is 16.0. The Morgan fingerprint density at radius 3 is 2.30 bits per heavy atom. The average Bonchev–Trinajstić information content (AvgIpc) is 2.99. The molecule has 0 bridgehead atoms. The van der Waals surface area contributed by atoms with Gasteiger partial charge in [-0.25, -0.2) is 0 Å². The lowest BCUT2D eigenvalue weighted by molar-refractivity contribution is -0.116. The largest absolute Gasteiger partial charge is 0.370 e. The fraction of sp³-hybridized carbons (Fsp3) is 0.348. The van der Waals surface area contributed by atoms with Gasteiger partial charge in [0.2, 0.25) is 5.91 Å². The first-order valence-electron chi connectivity index (χ1n) is 10.3. The summed E-state index contributed by atoms with van der Waals surface area (Å²) in [6, 6.07) is 12.4. The number of amides is 3. The van der Waals surface area contributed by atoms with E-state index in [-0.39, 0.29) is 30.7 Å². The van der Waals surface area contributed by atoms with E-state index in [1.54, 1.807) is 30.3 Å². The van der Waals surface area contributed by atoms with Gasteiger partial charge in [0.1, 0.15) is 0 Å². The molecule has 0 radical (unpaired) electrons. The van der Waals surface area contributed by atoms with Gasteiger partial charge in [-0.2, -0.15) is 0 Å². The topological polar surface area (TPSA) is 69.7 Å². The number of hydrogen-bond donors (Lipinski definition) is 1. The van der Waals surface area contributed by atoms with Crippen LogP contribution in [0.25, 0.3) is 0 Å². The molecule has 0 unspecified atom stereocenters. The van der Waals surface area contributed by atoms with Crippen LogP contribution in [0.4, 0.5) is 11.4 Å². The Bertz CT molecular complexity index is 950. The summed E-state index contributed by atoms with van der Waals surface area (Å²) in [7, 11) is 0. The third-order valence-corrected chi connectivity index (χ3v) is 5.83. The van der Waals surface area contributed by atoms with Gasteiger partial charge in [-0.3, -0.25) is 19.3 Å². The average molecular weight is 426 g/mol. The summed E-state index contributed by atoms with van der Waals surface area (Å²) in [6.45, 7) is 2.14. The Morgan fingerprint density at radius 1 is 0.967 bits per heavy atom. The van der Waals surface area contributed by atoms with Gasteiger partial charge in [0.25, 0.3) is 11.8 Å². The molecule has 1 N–H and O–H groups in total. The number of carbonyl (C=O) groups excluding carboxylic acids is 3. The van der Waals surface area contributed by atoms with Gasteiger partial charge in [-0.1, -0.05) is 23.7 Å². The molecule has 1 fully saturated rings. The van der Waals surface area contributed by atoms with Gasteiger partial charge in [-0.15, -0.1) is 0 Å². The minimum atomic E-state index is -0.293. The molecular weight excluding hydrogens is 402 g/mol. The fourth-order valence-corrected chi connectivity index (χ4v) is 4.24. The van der Waals surface area contributed by atoms with Crippen molar-refractivity contribution in [2.24, 2.45) is 0 Å². The molecule has 0 spiro atoms. The number of hydrogen-bond acceptors (Lipinski definition) is 4. The Balaban J connectivity index is 1.35. The van der Waals surface area contributed by atoms with Crippen molar-refractivity contribution in [3.63, 3.8) is 0 Å². The smallest absolute Gasteiger partial charge is 0.261 e. The minimum Gasteiger partial charge on any atom is -0.370 e. The Kier molecular flexibility index (Phi) is 6.04. The number of benzene rings is 2. The predicted octanol–water partition coefficient (Wildman–Crippen LogP) is 4.35. The molecule has 0 atom stereocenters. The van der Waals surface area contributed by atoms with Gasteiger partial charge >= 0.3 is 0 Å². The molecule has 4 rings (SSSR count). The lowest BCUT2D eigenvalue weighted by atomic mass is 10.1. The van der Waals surface area contributed by atoms with Gasteiger partial charge in [0.05, 0.1) is 22.5 Å². The zero-order valence-electron chi connectivity index (χ0n) is 16.7. The van der Waals surface area contributed by atoms with Crippen molar-refractivity contribution in [1.29, 1.82) is 0 Å². The number of piperidine rings is 1. The van der Waals surface area contributed by atoms with E-state index in [0.717, 1.165) is 31.6 Å². The van der Waals surface area contributed by atoms with Crippen LogP contribution in [0, 0.1) is 0 Å². The summed E-state index contributed by atoms with van der Waals surface area (Å²) >= 11 is 6.15. The first kappa shape index (κ1) is 20.4. The van der Waals surface area contributed by atoms with Crippen LogP contribution >= 0.6 is 11.6 Å². The Morgan fingerprint density at radius 2 is 1.63 bits per heavy atom. The Hall–Kier alpha value is -2.86. The van der Waals surface area contributed by atoms with Crippen molar-refractivity contribution >= 4 is 40.7 Å². The second-order valence-corrected chi connectivity index (χ2v) is 8.10. The van der Waals surface area contributed by atoms with Crippen LogP contribution in [-0.4, -0.2) is 42.3 Å². The maximum Gasteiger partial charge on any atom is 0.261 e. The SMILES string of the molecule is O=C(CCCN1C(=O)c2ccccc2C1=O)Nc1cc(Cl)ccc1N1CCCCC1. The molecule has 0 aromatic heterocycles. The molecule has 7 heteroatoms. The maximum absolute atomic E-state index is 12.6. The van der Waals surface area contributed by atoms with Crippen LogP contribution in [0.1, 0.15) is 52.8 Å². The quantitative estimate of drug-likeness (QED) is 0.699.